The van der Waals surface area contributed by atoms with Gasteiger partial charge in [0.2, 0.25) is 0 Å². The Morgan fingerprint density at radius 3 is 2.76 bits per heavy atom. The van der Waals surface area contributed by atoms with Gasteiger partial charge in [-0.05, 0) is 18.5 Å². The first kappa shape index (κ1) is 12.4. The highest BCUT2D eigenvalue weighted by molar-refractivity contribution is 7.07. The zero-order valence-corrected chi connectivity index (χ0v) is 10.7. The van der Waals surface area contributed by atoms with Gasteiger partial charge in [-0.3, -0.25) is 4.79 Å². The SMILES string of the molecule is Cc1nnsc1C(=O)N1CC[NH+](CCO)CC1. The second-order valence-corrected chi connectivity index (χ2v) is 4.96. The van der Waals surface area contributed by atoms with Gasteiger partial charge in [-0.2, -0.15) is 0 Å². The maximum absolute atomic E-state index is 12.1. The first-order chi connectivity index (χ1) is 8.22. The Balaban J connectivity index is 1.93. The number of hydrogen-bond donors (Lipinski definition) is 2. The molecule has 94 valence electrons. The molecule has 0 aliphatic carbocycles. The van der Waals surface area contributed by atoms with Crippen LogP contribution in [0.25, 0.3) is 0 Å². The van der Waals surface area contributed by atoms with E-state index in [0.717, 1.165) is 44.3 Å². The quantitative estimate of drug-likeness (QED) is 0.669. The number of rotatable bonds is 3. The zero-order chi connectivity index (χ0) is 12.3. The van der Waals surface area contributed by atoms with Gasteiger partial charge in [-0.1, -0.05) is 4.49 Å². The van der Waals surface area contributed by atoms with Gasteiger partial charge in [0, 0.05) is 0 Å². The predicted octanol–water partition coefficient (Wildman–Crippen LogP) is -1.82. The van der Waals surface area contributed by atoms with Crippen LogP contribution in [-0.2, 0) is 0 Å². The lowest BCUT2D eigenvalue weighted by Gasteiger charge is -2.31. The Labute approximate surface area is 104 Å². The Morgan fingerprint density at radius 1 is 1.53 bits per heavy atom. The summed E-state index contributed by atoms with van der Waals surface area (Å²) in [6.45, 7) is 6.07. The Hall–Kier alpha value is -1.05. The molecule has 0 radical (unpaired) electrons. The highest BCUT2D eigenvalue weighted by Crippen LogP contribution is 2.12. The number of aliphatic hydroxyl groups excluding tert-OH is 1. The van der Waals surface area contributed by atoms with Crippen molar-refractivity contribution in [1.29, 1.82) is 0 Å². The number of aryl methyl sites for hydroxylation is 1. The molecule has 17 heavy (non-hydrogen) atoms. The average Bonchev–Trinajstić information content (AvgIpc) is 2.76. The molecule has 0 bridgehead atoms. The van der Waals surface area contributed by atoms with Crippen LogP contribution >= 0.6 is 11.5 Å². The van der Waals surface area contributed by atoms with Crippen LogP contribution in [0.2, 0.25) is 0 Å². The van der Waals surface area contributed by atoms with Crippen molar-refractivity contribution in [3.05, 3.63) is 10.6 Å². The van der Waals surface area contributed by atoms with Crippen LogP contribution in [0.3, 0.4) is 0 Å². The van der Waals surface area contributed by atoms with E-state index in [-0.39, 0.29) is 12.5 Å². The summed E-state index contributed by atoms with van der Waals surface area (Å²) in [4.78, 5) is 16.0. The summed E-state index contributed by atoms with van der Waals surface area (Å²) in [6, 6.07) is 0. The van der Waals surface area contributed by atoms with Gasteiger partial charge < -0.3 is 14.9 Å². The average molecular weight is 257 g/mol. The first-order valence-corrected chi connectivity index (χ1v) is 6.52. The minimum atomic E-state index is 0.0422. The van der Waals surface area contributed by atoms with E-state index in [4.69, 9.17) is 5.11 Å². The van der Waals surface area contributed by atoms with Gasteiger partial charge in [0.15, 0.2) is 0 Å². The van der Waals surface area contributed by atoms with Gasteiger partial charge in [0.25, 0.3) is 5.91 Å². The van der Waals surface area contributed by atoms with Gasteiger partial charge in [0.05, 0.1) is 38.5 Å². The molecule has 0 aromatic carbocycles. The number of nitrogens with zero attached hydrogens (tertiary/aromatic N) is 3. The fourth-order valence-electron chi connectivity index (χ4n) is 2.01. The molecule has 1 saturated heterocycles. The van der Waals surface area contributed by atoms with E-state index in [9.17, 15) is 4.79 Å². The highest BCUT2D eigenvalue weighted by Gasteiger charge is 2.26. The van der Waals surface area contributed by atoms with Gasteiger partial charge in [-0.15, -0.1) is 5.10 Å². The summed E-state index contributed by atoms with van der Waals surface area (Å²) in [6.07, 6.45) is 0. The van der Waals surface area contributed by atoms with E-state index in [2.05, 4.69) is 9.59 Å². The van der Waals surface area contributed by atoms with Crippen molar-refractivity contribution in [2.45, 2.75) is 6.92 Å². The van der Waals surface area contributed by atoms with Crippen molar-refractivity contribution in [3.63, 3.8) is 0 Å². The van der Waals surface area contributed by atoms with E-state index < -0.39 is 0 Å². The van der Waals surface area contributed by atoms with E-state index in [1.54, 1.807) is 0 Å². The Kier molecular flexibility index (Phi) is 4.03. The number of piperazine rings is 1. The molecule has 2 N–H and O–H groups in total. The molecule has 0 spiro atoms. The molecule has 1 aromatic rings. The van der Waals surface area contributed by atoms with Crippen molar-refractivity contribution < 1.29 is 14.8 Å². The standard InChI is InChI=1S/C10H16N4O2S/c1-8-9(17-12-11-8)10(16)14-4-2-13(3-5-14)6-7-15/h15H,2-7H2,1H3/p+1. The molecule has 1 amide bonds. The van der Waals surface area contributed by atoms with E-state index in [1.807, 2.05) is 11.8 Å². The number of hydrogen-bond acceptors (Lipinski definition) is 5. The number of carbonyl (C=O) groups is 1. The maximum atomic E-state index is 12.1. The van der Waals surface area contributed by atoms with Crippen molar-refractivity contribution >= 4 is 17.4 Å². The summed E-state index contributed by atoms with van der Waals surface area (Å²) in [7, 11) is 0. The lowest BCUT2D eigenvalue weighted by molar-refractivity contribution is -0.904. The second kappa shape index (κ2) is 5.52. The van der Waals surface area contributed by atoms with E-state index in [1.165, 1.54) is 4.90 Å². The summed E-state index contributed by atoms with van der Waals surface area (Å²) in [5.41, 5.74) is 0.713. The number of quaternary nitrogens is 1. The van der Waals surface area contributed by atoms with Crippen LogP contribution in [0.1, 0.15) is 15.4 Å². The summed E-state index contributed by atoms with van der Waals surface area (Å²) in [5, 5.41) is 12.7. The van der Waals surface area contributed by atoms with Crippen molar-refractivity contribution in [2.24, 2.45) is 0 Å². The van der Waals surface area contributed by atoms with Crippen molar-refractivity contribution in [1.82, 2.24) is 14.5 Å². The van der Waals surface area contributed by atoms with Gasteiger partial charge in [0.1, 0.15) is 11.4 Å². The molecule has 7 heteroatoms. The van der Waals surface area contributed by atoms with Gasteiger partial charge >= 0.3 is 0 Å². The summed E-state index contributed by atoms with van der Waals surface area (Å²) in [5.74, 6) is 0.0422. The third-order valence-corrected chi connectivity index (χ3v) is 3.88. The monoisotopic (exact) mass is 257 g/mol. The lowest BCUT2D eigenvalue weighted by atomic mass is 10.2. The largest absolute Gasteiger partial charge is 0.391 e. The normalized spacial score (nSPS) is 17.4. The first-order valence-electron chi connectivity index (χ1n) is 5.75. The Bertz CT molecular complexity index is 387. The number of amides is 1. The Morgan fingerprint density at radius 2 is 2.24 bits per heavy atom. The molecule has 0 unspecified atom stereocenters. The van der Waals surface area contributed by atoms with Crippen LogP contribution in [0.15, 0.2) is 0 Å². The minimum absolute atomic E-state index is 0.0422. The molecule has 1 aromatic heterocycles. The van der Waals surface area contributed by atoms with Crippen LogP contribution in [0, 0.1) is 6.92 Å². The molecule has 1 aliphatic heterocycles. The fraction of sp³-hybridized carbons (Fsp3) is 0.700. The summed E-state index contributed by atoms with van der Waals surface area (Å²) < 4.78 is 3.79. The molecule has 2 rings (SSSR count). The third-order valence-electron chi connectivity index (χ3n) is 3.07. The van der Waals surface area contributed by atoms with Crippen LogP contribution in [-0.4, -0.2) is 64.8 Å². The fourth-order valence-corrected chi connectivity index (χ4v) is 2.63. The van der Waals surface area contributed by atoms with Crippen molar-refractivity contribution in [2.75, 3.05) is 39.3 Å². The van der Waals surface area contributed by atoms with Crippen LogP contribution in [0.5, 0.6) is 0 Å². The van der Waals surface area contributed by atoms with E-state index >= 15 is 0 Å². The zero-order valence-electron chi connectivity index (χ0n) is 9.85. The molecular formula is C10H17N4O2S+. The number of aliphatic hydroxyl groups is 1. The smallest absolute Gasteiger partial charge is 0.267 e. The highest BCUT2D eigenvalue weighted by atomic mass is 32.1. The second-order valence-electron chi connectivity index (χ2n) is 4.20. The molecule has 1 aliphatic rings. The molecule has 0 atom stereocenters. The molecular weight excluding hydrogens is 240 g/mol. The van der Waals surface area contributed by atoms with Crippen LogP contribution in [0.4, 0.5) is 0 Å². The maximum Gasteiger partial charge on any atom is 0.267 e. The molecule has 0 saturated carbocycles. The molecule has 6 nitrogen and oxygen atoms in total. The number of carbonyl (C=O) groups excluding carboxylic acids is 1. The predicted molar refractivity (Wildman–Crippen MR) is 63.2 cm³/mol. The lowest BCUT2D eigenvalue weighted by Crippen LogP contribution is -3.15. The molecule has 2 heterocycles. The third kappa shape index (κ3) is 2.80. The van der Waals surface area contributed by atoms with Crippen molar-refractivity contribution in [3.8, 4) is 0 Å². The van der Waals surface area contributed by atoms with Gasteiger partial charge in [-0.25, -0.2) is 0 Å². The number of nitrogens with one attached hydrogen (secondary N) is 1. The number of aromatic nitrogens is 2. The van der Waals surface area contributed by atoms with E-state index in [0.29, 0.717) is 10.6 Å². The summed E-state index contributed by atoms with van der Waals surface area (Å²) >= 11 is 1.16. The molecule has 1 fully saturated rings. The topological polar surface area (TPSA) is 70.8 Å². The minimum Gasteiger partial charge on any atom is -0.391 e. The van der Waals surface area contributed by atoms with Crippen LogP contribution < -0.4 is 4.90 Å².